The summed E-state index contributed by atoms with van der Waals surface area (Å²) in [7, 11) is 0. The van der Waals surface area contributed by atoms with Gasteiger partial charge in [0.25, 0.3) is 5.91 Å². The zero-order valence-corrected chi connectivity index (χ0v) is 11.2. The average molecular weight is 260 g/mol. The molecule has 4 heteroatoms. The van der Waals surface area contributed by atoms with Gasteiger partial charge < -0.3 is 15.3 Å². The van der Waals surface area contributed by atoms with E-state index in [0.29, 0.717) is 17.5 Å². The minimum Gasteiger partial charge on any atom is -0.508 e. The second-order valence-electron chi connectivity index (χ2n) is 5.67. The number of phenols is 1. The summed E-state index contributed by atoms with van der Waals surface area (Å²) >= 11 is 0. The zero-order valence-electron chi connectivity index (χ0n) is 11.2. The molecule has 2 atom stereocenters. The van der Waals surface area contributed by atoms with Gasteiger partial charge in [-0.1, -0.05) is 0 Å². The highest BCUT2D eigenvalue weighted by Gasteiger charge is 2.36. The Morgan fingerprint density at radius 1 is 1.42 bits per heavy atom. The van der Waals surface area contributed by atoms with Crippen LogP contribution in [0.1, 0.15) is 28.8 Å². The molecule has 0 aliphatic carbocycles. The molecule has 102 valence electrons. The Bertz CT molecular complexity index is 487. The molecule has 2 fully saturated rings. The van der Waals surface area contributed by atoms with E-state index < -0.39 is 0 Å². The summed E-state index contributed by atoms with van der Waals surface area (Å²) in [6, 6.07) is 5.55. The first kappa shape index (κ1) is 12.5. The fraction of sp³-hybridized carbons (Fsp3) is 0.533. The highest BCUT2D eigenvalue weighted by Crippen LogP contribution is 2.26. The molecule has 1 aromatic rings. The number of carbonyl (C=O) groups is 1. The van der Waals surface area contributed by atoms with E-state index in [1.165, 1.54) is 12.8 Å². The number of aryl methyl sites for hydroxylation is 1. The van der Waals surface area contributed by atoms with E-state index >= 15 is 0 Å². The lowest BCUT2D eigenvalue weighted by Gasteiger charge is -2.24. The first-order valence-electron chi connectivity index (χ1n) is 6.97. The zero-order chi connectivity index (χ0) is 13.4. The van der Waals surface area contributed by atoms with Crippen molar-refractivity contribution in [3.63, 3.8) is 0 Å². The van der Waals surface area contributed by atoms with Crippen molar-refractivity contribution in [1.82, 2.24) is 10.2 Å². The van der Waals surface area contributed by atoms with Crippen LogP contribution in [0.3, 0.4) is 0 Å². The summed E-state index contributed by atoms with van der Waals surface area (Å²) in [5.74, 6) is 0.934. The molecule has 2 N–H and O–H groups in total. The van der Waals surface area contributed by atoms with Gasteiger partial charge in [0.1, 0.15) is 5.75 Å². The smallest absolute Gasteiger partial charge is 0.253 e. The number of fused-ring (bicyclic) bond motifs is 1. The second kappa shape index (κ2) is 4.85. The fourth-order valence-corrected chi connectivity index (χ4v) is 3.18. The van der Waals surface area contributed by atoms with Gasteiger partial charge in [-0.25, -0.2) is 0 Å². The molecule has 19 heavy (non-hydrogen) atoms. The topological polar surface area (TPSA) is 52.6 Å². The Morgan fingerprint density at radius 2 is 2.26 bits per heavy atom. The number of piperidine rings is 1. The van der Waals surface area contributed by atoms with Crippen molar-refractivity contribution in [2.75, 3.05) is 19.6 Å². The molecule has 2 aliphatic rings. The third-order valence-electron chi connectivity index (χ3n) is 4.33. The van der Waals surface area contributed by atoms with Crippen LogP contribution in [0.15, 0.2) is 18.2 Å². The van der Waals surface area contributed by atoms with E-state index in [2.05, 4.69) is 5.32 Å². The van der Waals surface area contributed by atoms with Crippen LogP contribution < -0.4 is 5.32 Å². The van der Waals surface area contributed by atoms with Gasteiger partial charge in [0.2, 0.25) is 0 Å². The van der Waals surface area contributed by atoms with Crippen LogP contribution in [0.5, 0.6) is 5.75 Å². The first-order valence-corrected chi connectivity index (χ1v) is 6.97. The number of rotatable bonds is 1. The van der Waals surface area contributed by atoms with Crippen LogP contribution in [0.25, 0.3) is 0 Å². The number of amides is 1. The van der Waals surface area contributed by atoms with E-state index in [4.69, 9.17) is 0 Å². The van der Waals surface area contributed by atoms with Crippen molar-refractivity contribution in [2.45, 2.75) is 25.8 Å². The lowest BCUT2D eigenvalue weighted by Crippen LogP contribution is -2.41. The molecule has 1 aromatic carbocycles. The van der Waals surface area contributed by atoms with Crippen LogP contribution in [0.4, 0.5) is 0 Å². The van der Waals surface area contributed by atoms with E-state index in [1.54, 1.807) is 18.2 Å². The standard InChI is InChI=1S/C15H20N2O2/c1-10-7-11(4-5-14(10)18)15(19)17-8-12-3-2-6-16-13(12)9-17/h4-5,7,12-13,16,18H,2-3,6,8-9H2,1H3. The Morgan fingerprint density at radius 3 is 3.00 bits per heavy atom. The van der Waals surface area contributed by atoms with Gasteiger partial charge >= 0.3 is 0 Å². The molecule has 2 saturated heterocycles. The summed E-state index contributed by atoms with van der Waals surface area (Å²) in [4.78, 5) is 14.4. The van der Waals surface area contributed by atoms with Crippen molar-refractivity contribution < 1.29 is 9.90 Å². The van der Waals surface area contributed by atoms with Crippen LogP contribution in [0.2, 0.25) is 0 Å². The van der Waals surface area contributed by atoms with Gasteiger partial charge in [0.05, 0.1) is 0 Å². The maximum Gasteiger partial charge on any atom is 0.253 e. The van der Waals surface area contributed by atoms with E-state index in [-0.39, 0.29) is 11.7 Å². The summed E-state index contributed by atoms with van der Waals surface area (Å²) in [6.45, 7) is 4.55. The highest BCUT2D eigenvalue weighted by molar-refractivity contribution is 5.94. The van der Waals surface area contributed by atoms with Gasteiger partial charge in [-0.2, -0.15) is 0 Å². The van der Waals surface area contributed by atoms with E-state index in [1.807, 2.05) is 11.8 Å². The molecule has 2 aliphatic heterocycles. The van der Waals surface area contributed by atoms with E-state index in [9.17, 15) is 9.90 Å². The molecule has 2 unspecified atom stereocenters. The fourth-order valence-electron chi connectivity index (χ4n) is 3.18. The lowest BCUT2D eigenvalue weighted by atomic mass is 9.94. The number of hydrogen-bond acceptors (Lipinski definition) is 3. The first-order chi connectivity index (χ1) is 9.15. The Labute approximate surface area is 113 Å². The van der Waals surface area contributed by atoms with Crippen LogP contribution in [-0.2, 0) is 0 Å². The van der Waals surface area contributed by atoms with Crippen molar-refractivity contribution in [3.8, 4) is 5.75 Å². The summed E-state index contributed by atoms with van der Waals surface area (Å²) in [5, 5.41) is 13.0. The maximum absolute atomic E-state index is 12.5. The average Bonchev–Trinajstić information content (AvgIpc) is 2.85. The number of aromatic hydroxyl groups is 1. The Balaban J connectivity index is 1.75. The number of nitrogens with zero attached hydrogens (tertiary/aromatic N) is 1. The predicted molar refractivity (Wildman–Crippen MR) is 73.3 cm³/mol. The van der Waals surface area contributed by atoms with Crippen LogP contribution in [0, 0.1) is 12.8 Å². The largest absolute Gasteiger partial charge is 0.508 e. The maximum atomic E-state index is 12.5. The molecule has 3 rings (SSSR count). The summed E-state index contributed by atoms with van der Waals surface area (Å²) < 4.78 is 0. The third kappa shape index (κ3) is 2.32. The molecule has 0 radical (unpaired) electrons. The minimum absolute atomic E-state index is 0.0827. The van der Waals surface area contributed by atoms with Gasteiger partial charge in [-0.05, 0) is 56.0 Å². The summed E-state index contributed by atoms with van der Waals surface area (Å²) in [5.41, 5.74) is 1.43. The van der Waals surface area contributed by atoms with Crippen molar-refractivity contribution in [1.29, 1.82) is 0 Å². The second-order valence-corrected chi connectivity index (χ2v) is 5.67. The third-order valence-corrected chi connectivity index (χ3v) is 4.33. The normalized spacial score (nSPS) is 26.3. The number of likely N-dealkylation sites (tertiary alicyclic amines) is 1. The molecule has 0 aromatic heterocycles. The van der Waals surface area contributed by atoms with Gasteiger partial charge in [-0.15, -0.1) is 0 Å². The lowest BCUT2D eigenvalue weighted by molar-refractivity contribution is 0.0785. The van der Waals surface area contributed by atoms with Crippen molar-refractivity contribution >= 4 is 5.91 Å². The predicted octanol–water partition coefficient (Wildman–Crippen LogP) is 1.52. The van der Waals surface area contributed by atoms with Gasteiger partial charge in [-0.3, -0.25) is 4.79 Å². The number of hydrogen-bond donors (Lipinski definition) is 2. The van der Waals surface area contributed by atoms with Crippen LogP contribution >= 0.6 is 0 Å². The van der Waals surface area contributed by atoms with Crippen LogP contribution in [-0.4, -0.2) is 41.6 Å². The Hall–Kier alpha value is -1.55. The van der Waals surface area contributed by atoms with Gasteiger partial charge in [0, 0.05) is 24.7 Å². The van der Waals surface area contributed by atoms with Gasteiger partial charge in [0.15, 0.2) is 0 Å². The molecular weight excluding hydrogens is 240 g/mol. The highest BCUT2D eigenvalue weighted by atomic mass is 16.3. The van der Waals surface area contributed by atoms with E-state index in [0.717, 1.165) is 25.2 Å². The van der Waals surface area contributed by atoms with Crippen molar-refractivity contribution in [3.05, 3.63) is 29.3 Å². The number of carbonyl (C=O) groups excluding carboxylic acids is 1. The molecule has 2 heterocycles. The SMILES string of the molecule is Cc1cc(C(=O)N2CC3CCCNC3C2)ccc1O. The molecule has 0 saturated carbocycles. The molecule has 4 nitrogen and oxygen atoms in total. The molecule has 1 amide bonds. The number of nitrogens with one attached hydrogen (secondary N) is 1. The monoisotopic (exact) mass is 260 g/mol. The quantitative estimate of drug-likeness (QED) is 0.805. The molecular formula is C15H20N2O2. The molecule has 0 bridgehead atoms. The number of phenolic OH excluding ortho intramolecular Hbond substituents is 1. The summed E-state index contributed by atoms with van der Waals surface area (Å²) in [6.07, 6.45) is 2.43. The van der Waals surface area contributed by atoms with Crippen molar-refractivity contribution in [2.24, 2.45) is 5.92 Å². The Kier molecular flexibility index (Phi) is 3.19. The minimum atomic E-state index is 0.0827. The molecule has 0 spiro atoms. The number of benzene rings is 1.